The van der Waals surface area contributed by atoms with Gasteiger partial charge in [0.2, 0.25) is 0 Å². The van der Waals surface area contributed by atoms with Crippen LogP contribution in [0.4, 0.5) is 5.82 Å². The zero-order chi connectivity index (χ0) is 14.7. The molecule has 0 saturated heterocycles. The Morgan fingerprint density at radius 1 is 1.25 bits per heavy atom. The highest BCUT2D eigenvalue weighted by atomic mass is 16.4. The summed E-state index contributed by atoms with van der Waals surface area (Å²) in [6.07, 6.45) is 0.361. The van der Waals surface area contributed by atoms with Gasteiger partial charge >= 0.3 is 5.97 Å². The number of pyridine rings is 1. The minimum Gasteiger partial charge on any atom is -0.478 e. The van der Waals surface area contributed by atoms with Crippen LogP contribution in [0.25, 0.3) is 11.3 Å². The Kier molecular flexibility index (Phi) is 3.79. The van der Waals surface area contributed by atoms with Gasteiger partial charge in [0.05, 0.1) is 16.8 Å². The number of aromatic carboxylic acids is 1. The van der Waals surface area contributed by atoms with Crippen LogP contribution >= 0.6 is 0 Å². The molecule has 0 atom stereocenters. The van der Waals surface area contributed by atoms with E-state index in [9.17, 15) is 9.59 Å². The number of nitrogens with two attached hydrogens (primary N) is 1. The van der Waals surface area contributed by atoms with Gasteiger partial charge in [-0.2, -0.15) is 0 Å². The quantitative estimate of drug-likeness (QED) is 0.833. The largest absolute Gasteiger partial charge is 0.478 e. The maximum Gasteiger partial charge on any atom is 0.335 e. The van der Waals surface area contributed by atoms with Crippen LogP contribution < -0.4 is 5.73 Å². The molecule has 5 nitrogen and oxygen atoms in total. The van der Waals surface area contributed by atoms with E-state index in [1.54, 1.807) is 31.2 Å². The van der Waals surface area contributed by atoms with Crippen LogP contribution in [0.15, 0.2) is 36.4 Å². The van der Waals surface area contributed by atoms with Gasteiger partial charge in [0, 0.05) is 12.0 Å². The predicted molar refractivity (Wildman–Crippen MR) is 75.7 cm³/mol. The molecule has 0 fully saturated rings. The SMILES string of the molecule is CCC(=O)c1ccc(-c2cccc(C(=O)O)c2)nc1N. The number of aromatic nitrogens is 1. The summed E-state index contributed by atoms with van der Waals surface area (Å²) in [5.41, 5.74) is 7.54. The highest BCUT2D eigenvalue weighted by molar-refractivity contribution is 6.00. The summed E-state index contributed by atoms with van der Waals surface area (Å²) in [7, 11) is 0. The first-order valence-corrected chi connectivity index (χ1v) is 6.16. The van der Waals surface area contributed by atoms with Gasteiger partial charge < -0.3 is 10.8 Å². The van der Waals surface area contributed by atoms with E-state index < -0.39 is 5.97 Å². The predicted octanol–water partition coefficient (Wildman–Crippen LogP) is 2.62. The number of carboxylic acid groups (broad SMARTS) is 1. The summed E-state index contributed by atoms with van der Waals surface area (Å²) in [4.78, 5) is 26.7. The summed E-state index contributed by atoms with van der Waals surface area (Å²) >= 11 is 0. The molecule has 3 N–H and O–H groups in total. The van der Waals surface area contributed by atoms with Gasteiger partial charge in [0.15, 0.2) is 5.78 Å². The third-order valence-electron chi connectivity index (χ3n) is 2.95. The third-order valence-corrected chi connectivity index (χ3v) is 2.95. The minimum absolute atomic E-state index is 0.0687. The molecule has 0 radical (unpaired) electrons. The average molecular weight is 270 g/mol. The number of anilines is 1. The molecule has 0 aliphatic carbocycles. The zero-order valence-corrected chi connectivity index (χ0v) is 11.0. The fourth-order valence-electron chi connectivity index (χ4n) is 1.87. The maximum absolute atomic E-state index is 11.6. The van der Waals surface area contributed by atoms with E-state index in [-0.39, 0.29) is 17.2 Å². The summed E-state index contributed by atoms with van der Waals surface area (Å²) < 4.78 is 0. The van der Waals surface area contributed by atoms with Crippen molar-refractivity contribution >= 4 is 17.6 Å². The van der Waals surface area contributed by atoms with E-state index >= 15 is 0 Å². The molecular weight excluding hydrogens is 256 g/mol. The molecule has 2 rings (SSSR count). The fourth-order valence-corrected chi connectivity index (χ4v) is 1.87. The molecule has 2 aromatic rings. The lowest BCUT2D eigenvalue weighted by Crippen LogP contribution is -2.05. The Morgan fingerprint density at radius 2 is 2.00 bits per heavy atom. The van der Waals surface area contributed by atoms with Crippen molar-refractivity contribution in [1.82, 2.24) is 4.98 Å². The van der Waals surface area contributed by atoms with Gasteiger partial charge in [-0.25, -0.2) is 9.78 Å². The van der Waals surface area contributed by atoms with Gasteiger partial charge in [0.1, 0.15) is 5.82 Å². The van der Waals surface area contributed by atoms with E-state index in [0.29, 0.717) is 23.2 Å². The Balaban J connectivity index is 2.44. The molecule has 1 aromatic carbocycles. The Morgan fingerprint density at radius 3 is 2.60 bits per heavy atom. The molecule has 0 saturated carbocycles. The lowest BCUT2D eigenvalue weighted by Gasteiger charge is -2.06. The molecule has 102 valence electrons. The van der Waals surface area contributed by atoms with Crippen molar-refractivity contribution in [3.05, 3.63) is 47.5 Å². The monoisotopic (exact) mass is 270 g/mol. The van der Waals surface area contributed by atoms with E-state index in [2.05, 4.69) is 4.98 Å². The highest BCUT2D eigenvalue weighted by Crippen LogP contribution is 2.22. The second-order valence-corrected chi connectivity index (χ2v) is 4.29. The van der Waals surface area contributed by atoms with Crippen LogP contribution in [0.2, 0.25) is 0 Å². The molecule has 5 heteroatoms. The number of hydrogen-bond donors (Lipinski definition) is 2. The summed E-state index contributed by atoms with van der Waals surface area (Å²) in [6.45, 7) is 1.76. The second kappa shape index (κ2) is 5.52. The number of nitrogens with zero attached hydrogens (tertiary/aromatic N) is 1. The third kappa shape index (κ3) is 2.66. The van der Waals surface area contributed by atoms with E-state index in [4.69, 9.17) is 10.8 Å². The van der Waals surface area contributed by atoms with Crippen LogP contribution in [0, 0.1) is 0 Å². The number of rotatable bonds is 4. The normalized spacial score (nSPS) is 10.2. The number of carbonyl (C=O) groups is 2. The van der Waals surface area contributed by atoms with E-state index in [1.165, 1.54) is 12.1 Å². The fraction of sp³-hybridized carbons (Fsp3) is 0.133. The Hall–Kier alpha value is -2.69. The van der Waals surface area contributed by atoms with Crippen LogP contribution in [-0.4, -0.2) is 21.8 Å². The minimum atomic E-state index is -1.00. The summed E-state index contributed by atoms with van der Waals surface area (Å²) in [6, 6.07) is 9.70. The Labute approximate surface area is 116 Å². The molecule has 0 bridgehead atoms. The maximum atomic E-state index is 11.6. The smallest absolute Gasteiger partial charge is 0.335 e. The van der Waals surface area contributed by atoms with Crippen LogP contribution in [0.3, 0.4) is 0 Å². The van der Waals surface area contributed by atoms with E-state index in [1.807, 2.05) is 0 Å². The molecule has 0 aliphatic rings. The zero-order valence-electron chi connectivity index (χ0n) is 11.0. The van der Waals surface area contributed by atoms with Crippen LogP contribution in [0.5, 0.6) is 0 Å². The van der Waals surface area contributed by atoms with Crippen molar-refractivity contribution in [1.29, 1.82) is 0 Å². The number of carboxylic acids is 1. The van der Waals surface area contributed by atoms with Crippen LogP contribution in [0.1, 0.15) is 34.1 Å². The van der Waals surface area contributed by atoms with Crippen LogP contribution in [-0.2, 0) is 0 Å². The molecule has 0 unspecified atom stereocenters. The lowest BCUT2D eigenvalue weighted by atomic mass is 10.0. The highest BCUT2D eigenvalue weighted by Gasteiger charge is 2.11. The van der Waals surface area contributed by atoms with Gasteiger partial charge in [-0.1, -0.05) is 19.1 Å². The first-order chi connectivity index (χ1) is 9.52. The number of Topliss-reactive ketones (excluding diaryl/α,β-unsaturated/α-hetero) is 1. The van der Waals surface area contributed by atoms with Crippen molar-refractivity contribution < 1.29 is 14.7 Å². The van der Waals surface area contributed by atoms with Gasteiger partial charge in [-0.15, -0.1) is 0 Å². The van der Waals surface area contributed by atoms with Gasteiger partial charge in [-0.3, -0.25) is 4.79 Å². The molecule has 0 spiro atoms. The number of ketones is 1. The average Bonchev–Trinajstić information content (AvgIpc) is 2.46. The Bertz CT molecular complexity index is 681. The van der Waals surface area contributed by atoms with Crippen molar-refractivity contribution in [2.45, 2.75) is 13.3 Å². The standard InChI is InChI=1S/C15H14N2O3/c1-2-13(18)11-6-7-12(17-14(11)16)9-4-3-5-10(8-9)15(19)20/h3-8H,2H2,1H3,(H2,16,17)(H,19,20). The summed E-state index contributed by atoms with van der Waals surface area (Å²) in [5, 5.41) is 8.97. The first kappa shape index (κ1) is 13.7. The van der Waals surface area contributed by atoms with Crippen molar-refractivity contribution in [3.63, 3.8) is 0 Å². The van der Waals surface area contributed by atoms with E-state index in [0.717, 1.165) is 0 Å². The first-order valence-electron chi connectivity index (χ1n) is 6.16. The van der Waals surface area contributed by atoms with Crippen molar-refractivity contribution in [3.8, 4) is 11.3 Å². The van der Waals surface area contributed by atoms with Crippen molar-refractivity contribution in [2.75, 3.05) is 5.73 Å². The number of hydrogen-bond acceptors (Lipinski definition) is 4. The molecule has 0 aliphatic heterocycles. The number of nitrogen functional groups attached to an aromatic ring is 1. The molecule has 1 heterocycles. The second-order valence-electron chi connectivity index (χ2n) is 4.29. The van der Waals surface area contributed by atoms with Gasteiger partial charge in [0.25, 0.3) is 0 Å². The number of carbonyl (C=O) groups excluding carboxylic acids is 1. The number of benzene rings is 1. The molecular formula is C15H14N2O3. The molecule has 20 heavy (non-hydrogen) atoms. The van der Waals surface area contributed by atoms with Crippen molar-refractivity contribution in [2.24, 2.45) is 0 Å². The van der Waals surface area contributed by atoms with Gasteiger partial charge in [-0.05, 0) is 24.3 Å². The lowest BCUT2D eigenvalue weighted by molar-refractivity contribution is 0.0696. The summed E-state index contributed by atoms with van der Waals surface area (Å²) in [5.74, 6) is -0.909. The topological polar surface area (TPSA) is 93.3 Å². The molecule has 0 amide bonds. The molecule has 1 aromatic heterocycles.